The average molecular weight is 1800 g/mol. The summed E-state index contributed by atoms with van der Waals surface area (Å²) in [4.78, 5) is 70.7. The molecule has 12 N–H and O–H groups in total. The van der Waals surface area contributed by atoms with E-state index in [-0.39, 0.29) is 101 Å². The maximum Gasteiger partial charge on any atom is 0.471 e. The SMILES string of the molecule is C.C.C.CCCN.CCN.CCN(CC)C(=O)c1ccc(C2=CC3(CCCN(C(=O)C(F)(F)F)CC3)Oc3ccc(S(=O)(=O)NN)cc32)cc1.CCN(CC)C(=O)c1ccc(C2=CC3(CCCN(C(=O)C(F)(F)F)CC3)Oc3ccc(S(C)(=O)=O)cc32)cc1.CCN(CC)C(=O)c1ccc(C2=CC3(CCCNCC3)Oc3ccc(C)cc32)cc1.CN.NCC1CC1. The van der Waals surface area contributed by atoms with Gasteiger partial charge >= 0.3 is 24.2 Å². The number of hydrazine groups is 1. The molecule has 3 atom stereocenters. The standard InChI is InChI=1S/C28H31F3N2O5S.C27H31F3N4O5S.C26H32N2O2.C4H9N.C3H9N.C2H7N.CH5N.3CH4/c1-4-32(5-2)25(34)20-9-7-19(8-10-20)23-18-27(13-6-15-33(16-14-27)26(35)28(29,30)31)38-24-12-11-21(17-22(23)24)39(3,36)37;1-3-33(4-2)24(35)19-8-6-18(7-9-19)22-17-26(12-5-14-34(15-13-26)25(36)27(28,29)30)39-23-11-10-20(16-21(22)23)40(37,38)32-31;1-4-28(5-2)25(29)21-10-8-20(9-11-21)23-18-26(13-6-15-27-16-14-26)30-24-12-7-19(3)17-22(23)24;5-3-4-1-2-4;1-2-3-4;1-2-3;1-2;;;/h7-12,17-18H,4-6,13-16H2,1-3H3;6-11,16-17,32H,3-5,12-15,31H2,1-2H3;7-12,17-18,27H,4-6,13-16H2,1-3H3;4H,1-3,5H2;2-4H2,1H3;2-3H2,1H3;2H2,1H3;3*1H4. The van der Waals surface area contributed by atoms with Crippen LogP contribution in [-0.4, -0.2) is 212 Å². The number of fused-ring (bicyclic) bond motifs is 3. The van der Waals surface area contributed by atoms with Gasteiger partial charge in [-0.25, -0.2) is 16.8 Å². The summed E-state index contributed by atoms with van der Waals surface area (Å²) in [5, 5.41) is 3.50. The molecule has 32 heteroatoms. The van der Waals surface area contributed by atoms with Crippen molar-refractivity contribution in [2.24, 2.45) is 34.7 Å². The number of benzene rings is 6. The third kappa shape index (κ3) is 28.5. The highest BCUT2D eigenvalue weighted by Gasteiger charge is 2.48. The van der Waals surface area contributed by atoms with Crippen LogP contribution >= 0.6 is 0 Å². The molecule has 5 amide bonds. The molecule has 6 heterocycles. The lowest BCUT2D eigenvalue weighted by Crippen LogP contribution is -2.43. The fraction of sp³-hybridized carbons (Fsp3) is 0.500. The molecular formula is C94H136F6N12O12S2. The Morgan fingerprint density at radius 1 is 0.476 bits per heavy atom. The molecule has 7 aliphatic rings. The maximum atomic E-state index is 13.1. The number of nitrogens with zero attached hydrogens (tertiary/aromatic N) is 5. The molecule has 6 aromatic carbocycles. The summed E-state index contributed by atoms with van der Waals surface area (Å²) >= 11 is 0. The Morgan fingerprint density at radius 2 is 0.802 bits per heavy atom. The van der Waals surface area contributed by atoms with E-state index in [1.54, 1.807) is 75.3 Å². The minimum absolute atomic E-state index is 0. The van der Waals surface area contributed by atoms with Gasteiger partial charge in [-0.15, -0.1) is 0 Å². The molecule has 3 saturated heterocycles. The smallest absolute Gasteiger partial charge is 0.471 e. The van der Waals surface area contributed by atoms with Gasteiger partial charge in [0, 0.05) is 124 Å². The van der Waals surface area contributed by atoms with Crippen LogP contribution in [0.5, 0.6) is 17.2 Å². The second kappa shape index (κ2) is 49.2. The topological polar surface area (TPSA) is 352 Å². The van der Waals surface area contributed by atoms with E-state index in [4.69, 9.17) is 37.3 Å². The van der Waals surface area contributed by atoms with Crippen molar-refractivity contribution in [3.8, 4) is 17.2 Å². The summed E-state index contributed by atoms with van der Waals surface area (Å²) in [6.45, 7) is 25.4. The van der Waals surface area contributed by atoms with Crippen molar-refractivity contribution in [2.45, 2.75) is 201 Å². The average Bonchev–Trinajstić information content (AvgIpc) is 1.28. The van der Waals surface area contributed by atoms with E-state index in [2.05, 4.69) is 61.3 Å². The van der Waals surface area contributed by atoms with Crippen LogP contribution in [0.1, 0.15) is 225 Å². The first-order valence-corrected chi connectivity index (χ1v) is 45.7. The number of hydrogen-bond acceptors (Lipinski definition) is 18. The third-order valence-corrected chi connectivity index (χ3v) is 24.5. The Bertz CT molecular complexity index is 4870. The lowest BCUT2D eigenvalue weighted by Gasteiger charge is -2.37. The van der Waals surface area contributed by atoms with E-state index >= 15 is 0 Å². The van der Waals surface area contributed by atoms with Crippen molar-refractivity contribution in [2.75, 3.05) is 111 Å². The largest absolute Gasteiger partial charge is 0.482 e. The highest BCUT2D eigenvalue weighted by Crippen LogP contribution is 2.48. The van der Waals surface area contributed by atoms with Crippen LogP contribution < -0.4 is 53.1 Å². The molecule has 6 aromatic rings. The van der Waals surface area contributed by atoms with Crippen molar-refractivity contribution in [1.29, 1.82) is 0 Å². The van der Waals surface area contributed by atoms with E-state index < -0.39 is 55.2 Å². The number of alkyl halides is 6. The highest BCUT2D eigenvalue weighted by atomic mass is 32.2. The van der Waals surface area contributed by atoms with Crippen molar-refractivity contribution in [3.63, 3.8) is 0 Å². The zero-order chi connectivity index (χ0) is 90.8. The number of likely N-dealkylation sites (tertiary alicyclic amines) is 2. The highest BCUT2D eigenvalue weighted by molar-refractivity contribution is 7.90. The first-order valence-electron chi connectivity index (χ1n) is 42.3. The van der Waals surface area contributed by atoms with E-state index in [1.807, 2.05) is 71.6 Å². The Hall–Kier alpha value is -9.51. The van der Waals surface area contributed by atoms with Gasteiger partial charge in [0.15, 0.2) is 9.84 Å². The molecule has 3 spiro atoms. The van der Waals surface area contributed by atoms with Crippen LogP contribution in [0.3, 0.4) is 0 Å². The van der Waals surface area contributed by atoms with Gasteiger partial charge in [-0.05, 0) is 289 Å². The van der Waals surface area contributed by atoms with E-state index in [0.717, 1.165) is 116 Å². The number of rotatable bonds is 17. The number of amides is 5. The van der Waals surface area contributed by atoms with E-state index in [1.165, 1.54) is 61.4 Å². The summed E-state index contributed by atoms with van der Waals surface area (Å²) in [5.74, 6) is 3.93. The molecule has 1 aliphatic carbocycles. The summed E-state index contributed by atoms with van der Waals surface area (Å²) in [7, 11) is -6.03. The Balaban J connectivity index is 0.000000366. The van der Waals surface area contributed by atoms with Gasteiger partial charge in [0.05, 0.1) is 9.79 Å². The number of nitrogens with one attached hydrogen (secondary N) is 2. The molecule has 0 radical (unpaired) electrons. The number of aryl methyl sites for hydroxylation is 1. The van der Waals surface area contributed by atoms with Gasteiger partial charge in [0.2, 0.25) is 0 Å². The molecule has 698 valence electrons. The predicted molar refractivity (Wildman–Crippen MR) is 490 cm³/mol. The minimum atomic E-state index is -4.97. The Labute approximate surface area is 743 Å². The normalized spacial score (nSPS) is 18.5. The molecule has 13 rings (SSSR count). The number of carbonyl (C=O) groups is 5. The molecule has 3 unspecified atom stereocenters. The van der Waals surface area contributed by atoms with Crippen LogP contribution in [0, 0.1) is 12.8 Å². The van der Waals surface area contributed by atoms with Crippen molar-refractivity contribution in [3.05, 3.63) is 201 Å². The van der Waals surface area contributed by atoms with Gasteiger partial charge in [-0.3, -0.25) is 29.8 Å². The predicted octanol–water partition coefficient (Wildman–Crippen LogP) is 15.1. The first kappa shape index (κ1) is 109. The minimum Gasteiger partial charge on any atom is -0.482 e. The van der Waals surface area contributed by atoms with Crippen molar-refractivity contribution in [1.82, 2.24) is 34.6 Å². The molecule has 126 heavy (non-hydrogen) atoms. The molecule has 24 nitrogen and oxygen atoms in total. The maximum absolute atomic E-state index is 13.1. The zero-order valence-electron chi connectivity index (χ0n) is 72.6. The van der Waals surface area contributed by atoms with Gasteiger partial charge in [-0.2, -0.15) is 31.2 Å². The summed E-state index contributed by atoms with van der Waals surface area (Å²) in [5.41, 5.74) is 27.3. The van der Waals surface area contributed by atoms with Crippen LogP contribution in [-0.2, 0) is 29.4 Å². The van der Waals surface area contributed by atoms with Crippen molar-refractivity contribution >= 4 is 66.1 Å². The number of nitrogens with two attached hydrogens (primary N) is 5. The first-order chi connectivity index (χ1) is 58.4. The van der Waals surface area contributed by atoms with Gasteiger partial charge in [0.25, 0.3) is 27.7 Å². The molecular weight excluding hydrogens is 1670 g/mol. The number of sulfone groups is 1. The van der Waals surface area contributed by atoms with Crippen LogP contribution in [0.15, 0.2) is 155 Å². The second-order valence-electron chi connectivity index (χ2n) is 30.8. The molecule has 4 fully saturated rings. The fourth-order valence-electron chi connectivity index (χ4n) is 15.1. The Morgan fingerprint density at radius 3 is 1.11 bits per heavy atom. The number of ether oxygens (including phenoxy) is 3. The quantitative estimate of drug-likeness (QED) is 0.0253. The summed E-state index contributed by atoms with van der Waals surface area (Å²) in [6.07, 6.45) is 5.54. The van der Waals surface area contributed by atoms with Gasteiger partial charge < -0.3 is 67.0 Å². The molecule has 6 aliphatic heterocycles. The number of hydrogen-bond donors (Lipinski definition) is 7. The van der Waals surface area contributed by atoms with Gasteiger partial charge in [0.1, 0.15) is 34.1 Å². The second-order valence-corrected chi connectivity index (χ2v) is 34.5. The number of carbonyl (C=O) groups excluding carboxylic acids is 5. The number of sulfonamides is 1. The van der Waals surface area contributed by atoms with Gasteiger partial charge in [-0.1, -0.05) is 84.2 Å². The van der Waals surface area contributed by atoms with E-state index in [9.17, 15) is 67.2 Å². The monoisotopic (exact) mass is 1800 g/mol. The molecule has 0 aromatic heterocycles. The van der Waals surface area contributed by atoms with Crippen LogP contribution in [0.25, 0.3) is 16.7 Å². The zero-order valence-corrected chi connectivity index (χ0v) is 74.3. The number of halogens is 6. The Kier molecular flexibility index (Phi) is 42.5. The van der Waals surface area contributed by atoms with Crippen LogP contribution in [0.2, 0.25) is 0 Å². The van der Waals surface area contributed by atoms with E-state index in [0.29, 0.717) is 101 Å². The summed E-state index contributed by atoms with van der Waals surface area (Å²) < 4.78 is 147. The lowest BCUT2D eigenvalue weighted by molar-refractivity contribution is -0.185. The van der Waals surface area contributed by atoms with Crippen LogP contribution in [0.4, 0.5) is 26.3 Å². The lowest BCUT2D eigenvalue weighted by atomic mass is 9.84. The molecule has 0 bridgehead atoms. The fourth-order valence-corrected chi connectivity index (χ4v) is 16.5. The molecule has 1 saturated carbocycles. The van der Waals surface area contributed by atoms with Crippen molar-refractivity contribution < 1.29 is 81.4 Å². The summed E-state index contributed by atoms with van der Waals surface area (Å²) in [6, 6.07) is 37.1. The third-order valence-electron chi connectivity index (χ3n) is 22.2.